The number of halogens is 1. The Balaban J connectivity index is 1.66. The van der Waals surface area contributed by atoms with Gasteiger partial charge in [0.25, 0.3) is 0 Å². The predicted octanol–water partition coefficient (Wildman–Crippen LogP) is 4.01. The van der Waals surface area contributed by atoms with E-state index in [1.807, 2.05) is 18.2 Å². The predicted molar refractivity (Wildman–Crippen MR) is 76.1 cm³/mol. The van der Waals surface area contributed by atoms with Crippen LogP contribution in [0.1, 0.15) is 28.8 Å². The van der Waals surface area contributed by atoms with Gasteiger partial charge in [0.1, 0.15) is 5.82 Å². The molecule has 2 nitrogen and oxygen atoms in total. The molecule has 104 valence electrons. The highest BCUT2D eigenvalue weighted by molar-refractivity contribution is 5.89. The summed E-state index contributed by atoms with van der Waals surface area (Å²) < 4.78 is 17.9. The van der Waals surface area contributed by atoms with Crippen molar-refractivity contribution < 1.29 is 13.9 Å². The Hall–Kier alpha value is -2.16. The van der Waals surface area contributed by atoms with Crippen molar-refractivity contribution in [3.63, 3.8) is 0 Å². The molecule has 0 aliphatic rings. The molecule has 3 heteroatoms. The van der Waals surface area contributed by atoms with Crippen LogP contribution in [-0.2, 0) is 11.2 Å². The summed E-state index contributed by atoms with van der Waals surface area (Å²) in [5, 5.41) is 0. The van der Waals surface area contributed by atoms with Crippen LogP contribution in [0.4, 0.5) is 4.39 Å². The Morgan fingerprint density at radius 2 is 1.65 bits per heavy atom. The topological polar surface area (TPSA) is 26.3 Å². The van der Waals surface area contributed by atoms with E-state index in [0.29, 0.717) is 12.2 Å². The van der Waals surface area contributed by atoms with Crippen LogP contribution in [0.3, 0.4) is 0 Å². The molecule has 0 fully saturated rings. The van der Waals surface area contributed by atoms with Crippen LogP contribution in [0, 0.1) is 5.82 Å². The number of benzene rings is 2. The van der Waals surface area contributed by atoms with Crippen molar-refractivity contribution in [2.45, 2.75) is 19.3 Å². The minimum Gasteiger partial charge on any atom is -0.462 e. The lowest BCUT2D eigenvalue weighted by molar-refractivity contribution is 0.0498. The molecule has 0 unspecified atom stereocenters. The van der Waals surface area contributed by atoms with Crippen LogP contribution in [-0.4, -0.2) is 12.6 Å². The van der Waals surface area contributed by atoms with E-state index in [1.165, 1.54) is 29.8 Å². The molecule has 0 saturated heterocycles. The molecule has 20 heavy (non-hydrogen) atoms. The summed E-state index contributed by atoms with van der Waals surface area (Å²) >= 11 is 0. The summed E-state index contributed by atoms with van der Waals surface area (Å²) in [6, 6.07) is 15.6. The van der Waals surface area contributed by atoms with Crippen molar-refractivity contribution in [2.75, 3.05) is 6.61 Å². The molecule has 0 spiro atoms. The molecule has 0 saturated carbocycles. The maximum Gasteiger partial charge on any atom is 0.338 e. The molecule has 0 N–H and O–H groups in total. The number of hydrogen-bond donors (Lipinski definition) is 0. The Morgan fingerprint density at radius 3 is 2.35 bits per heavy atom. The van der Waals surface area contributed by atoms with E-state index in [1.54, 1.807) is 0 Å². The van der Waals surface area contributed by atoms with Crippen molar-refractivity contribution in [3.8, 4) is 0 Å². The van der Waals surface area contributed by atoms with Gasteiger partial charge in [0.15, 0.2) is 0 Å². The fourth-order valence-corrected chi connectivity index (χ4v) is 1.91. The molecule has 0 heterocycles. The van der Waals surface area contributed by atoms with E-state index in [-0.39, 0.29) is 5.82 Å². The van der Waals surface area contributed by atoms with Gasteiger partial charge in [-0.1, -0.05) is 30.3 Å². The molecule has 2 rings (SSSR count). The molecule has 0 bridgehead atoms. The van der Waals surface area contributed by atoms with Gasteiger partial charge in [0.05, 0.1) is 12.2 Å². The lowest BCUT2D eigenvalue weighted by atomic mass is 10.1. The molecule has 0 aromatic heterocycles. The normalized spacial score (nSPS) is 10.2. The second-order valence-corrected chi connectivity index (χ2v) is 4.59. The Labute approximate surface area is 118 Å². The highest BCUT2D eigenvalue weighted by Crippen LogP contribution is 2.07. The van der Waals surface area contributed by atoms with Gasteiger partial charge in [-0.2, -0.15) is 0 Å². The average molecular weight is 272 g/mol. The van der Waals surface area contributed by atoms with E-state index in [2.05, 4.69) is 12.1 Å². The molecule has 2 aromatic carbocycles. The fraction of sp³-hybridized carbons (Fsp3) is 0.235. The lowest BCUT2D eigenvalue weighted by Gasteiger charge is -2.05. The van der Waals surface area contributed by atoms with Crippen molar-refractivity contribution in [3.05, 3.63) is 71.5 Å². The zero-order valence-electron chi connectivity index (χ0n) is 11.2. The number of hydrogen-bond acceptors (Lipinski definition) is 2. The van der Waals surface area contributed by atoms with Crippen LogP contribution in [0.25, 0.3) is 0 Å². The van der Waals surface area contributed by atoms with Crippen LogP contribution in [0.15, 0.2) is 54.6 Å². The molecule has 2 aromatic rings. The smallest absolute Gasteiger partial charge is 0.338 e. The largest absolute Gasteiger partial charge is 0.462 e. The first kappa shape index (κ1) is 14.3. The fourth-order valence-electron chi connectivity index (χ4n) is 1.91. The summed E-state index contributed by atoms with van der Waals surface area (Å²) in [7, 11) is 0. The van der Waals surface area contributed by atoms with Crippen molar-refractivity contribution in [1.82, 2.24) is 0 Å². The van der Waals surface area contributed by atoms with Crippen LogP contribution < -0.4 is 0 Å². The SMILES string of the molecule is O=C(OCCCCc1ccccc1)c1ccc(F)cc1. The molecule has 0 aliphatic carbocycles. The quantitative estimate of drug-likeness (QED) is 0.586. The summed E-state index contributed by atoms with van der Waals surface area (Å²) in [6.45, 7) is 0.392. The van der Waals surface area contributed by atoms with E-state index in [0.717, 1.165) is 19.3 Å². The van der Waals surface area contributed by atoms with Gasteiger partial charge in [-0.15, -0.1) is 0 Å². The van der Waals surface area contributed by atoms with Crippen LogP contribution >= 0.6 is 0 Å². The lowest BCUT2D eigenvalue weighted by Crippen LogP contribution is -2.06. The number of carbonyl (C=O) groups is 1. The van der Waals surface area contributed by atoms with Crippen molar-refractivity contribution in [2.24, 2.45) is 0 Å². The van der Waals surface area contributed by atoms with Gasteiger partial charge in [-0.25, -0.2) is 9.18 Å². The number of esters is 1. The zero-order valence-corrected chi connectivity index (χ0v) is 11.2. The monoisotopic (exact) mass is 272 g/mol. The average Bonchev–Trinajstić information content (AvgIpc) is 2.48. The second kappa shape index (κ2) is 7.43. The van der Waals surface area contributed by atoms with Gasteiger partial charge in [-0.3, -0.25) is 0 Å². The number of aryl methyl sites for hydroxylation is 1. The third-order valence-electron chi connectivity index (χ3n) is 3.02. The molecule has 0 radical (unpaired) electrons. The number of carbonyl (C=O) groups excluding carboxylic acids is 1. The van der Waals surface area contributed by atoms with E-state index in [9.17, 15) is 9.18 Å². The molecular formula is C17H17FO2. The third kappa shape index (κ3) is 4.50. The maximum atomic E-state index is 12.7. The third-order valence-corrected chi connectivity index (χ3v) is 3.02. The summed E-state index contributed by atoms with van der Waals surface area (Å²) in [4.78, 5) is 11.6. The van der Waals surface area contributed by atoms with E-state index >= 15 is 0 Å². The van der Waals surface area contributed by atoms with Crippen molar-refractivity contribution in [1.29, 1.82) is 0 Å². The van der Waals surface area contributed by atoms with Gasteiger partial charge in [0, 0.05) is 0 Å². The molecular weight excluding hydrogens is 255 g/mol. The Kier molecular flexibility index (Phi) is 5.30. The first-order valence-corrected chi connectivity index (χ1v) is 6.72. The number of unbranched alkanes of at least 4 members (excludes halogenated alkanes) is 1. The summed E-state index contributed by atoms with van der Waals surface area (Å²) in [5.74, 6) is -0.755. The minimum atomic E-state index is -0.398. The van der Waals surface area contributed by atoms with Gasteiger partial charge in [0.2, 0.25) is 0 Å². The summed E-state index contributed by atoms with van der Waals surface area (Å²) in [6.07, 6.45) is 2.78. The van der Waals surface area contributed by atoms with Crippen LogP contribution in [0.2, 0.25) is 0 Å². The first-order valence-electron chi connectivity index (χ1n) is 6.72. The Bertz CT molecular complexity index is 535. The Morgan fingerprint density at radius 1 is 0.950 bits per heavy atom. The minimum absolute atomic E-state index is 0.357. The highest BCUT2D eigenvalue weighted by Gasteiger charge is 2.06. The van der Waals surface area contributed by atoms with Gasteiger partial charge in [-0.05, 0) is 49.1 Å². The van der Waals surface area contributed by atoms with Crippen LogP contribution in [0.5, 0.6) is 0 Å². The first-order chi connectivity index (χ1) is 9.75. The van der Waals surface area contributed by atoms with E-state index < -0.39 is 5.97 Å². The summed E-state index contributed by atoms with van der Waals surface area (Å²) in [5.41, 5.74) is 1.67. The second-order valence-electron chi connectivity index (χ2n) is 4.59. The molecule has 0 atom stereocenters. The standard InChI is InChI=1S/C17H17FO2/c18-16-11-9-15(10-12-16)17(19)20-13-5-4-8-14-6-2-1-3-7-14/h1-3,6-7,9-12H,4-5,8,13H2. The molecule has 0 aliphatic heterocycles. The maximum absolute atomic E-state index is 12.7. The zero-order chi connectivity index (χ0) is 14.2. The van der Waals surface area contributed by atoms with Gasteiger partial charge < -0.3 is 4.74 Å². The number of ether oxygens (including phenoxy) is 1. The van der Waals surface area contributed by atoms with Crippen molar-refractivity contribution >= 4 is 5.97 Å². The highest BCUT2D eigenvalue weighted by atomic mass is 19.1. The van der Waals surface area contributed by atoms with Gasteiger partial charge >= 0.3 is 5.97 Å². The van der Waals surface area contributed by atoms with E-state index in [4.69, 9.17) is 4.74 Å². The molecule has 0 amide bonds. The number of rotatable bonds is 6.